The molecule has 0 bridgehead atoms. The Morgan fingerprint density at radius 3 is 2.92 bits per heavy atom. The van der Waals surface area contributed by atoms with Crippen molar-refractivity contribution in [1.82, 2.24) is 0 Å². The molecule has 2 nitrogen and oxygen atoms in total. The number of carbonyl (C=O) groups is 1. The van der Waals surface area contributed by atoms with E-state index in [0.29, 0.717) is 0 Å². The standard InChI is InChI=1S/C10H9BrO2/c11-9-5-1-3-8(7-9)4-2-6-10(12)13/h1-5,7H,6H2,(H,12,13)/b4-2+. The highest BCUT2D eigenvalue weighted by atomic mass is 79.9. The Morgan fingerprint density at radius 1 is 1.54 bits per heavy atom. The highest BCUT2D eigenvalue weighted by Crippen LogP contribution is 2.12. The number of benzene rings is 1. The second kappa shape index (κ2) is 4.82. The number of carboxylic acid groups (broad SMARTS) is 1. The molecule has 0 unspecified atom stereocenters. The lowest BCUT2D eigenvalue weighted by molar-refractivity contribution is -0.135. The molecule has 1 N–H and O–H groups in total. The van der Waals surface area contributed by atoms with Gasteiger partial charge in [-0.15, -0.1) is 0 Å². The highest BCUT2D eigenvalue weighted by molar-refractivity contribution is 9.10. The number of hydrogen-bond acceptors (Lipinski definition) is 1. The molecule has 3 heteroatoms. The second-order valence-electron chi connectivity index (χ2n) is 2.56. The number of carboxylic acids is 1. The number of hydrogen-bond donors (Lipinski definition) is 1. The first-order valence-electron chi connectivity index (χ1n) is 3.82. The Bertz CT molecular complexity index is 331. The summed E-state index contributed by atoms with van der Waals surface area (Å²) in [5.74, 6) is -0.814. The van der Waals surface area contributed by atoms with Gasteiger partial charge in [0.15, 0.2) is 0 Å². The summed E-state index contributed by atoms with van der Waals surface area (Å²) in [7, 11) is 0. The Labute approximate surface area is 85.0 Å². The molecule has 0 radical (unpaired) electrons. The van der Waals surface area contributed by atoms with Crippen LogP contribution < -0.4 is 0 Å². The number of halogens is 1. The lowest BCUT2D eigenvalue weighted by Gasteiger charge is -1.93. The van der Waals surface area contributed by atoms with Gasteiger partial charge >= 0.3 is 5.97 Å². The van der Waals surface area contributed by atoms with Crippen molar-refractivity contribution in [3.63, 3.8) is 0 Å². The first kappa shape index (κ1) is 9.99. The second-order valence-corrected chi connectivity index (χ2v) is 3.47. The van der Waals surface area contributed by atoms with Crippen LogP contribution in [0.1, 0.15) is 12.0 Å². The van der Waals surface area contributed by atoms with Gasteiger partial charge in [0.1, 0.15) is 0 Å². The summed E-state index contributed by atoms with van der Waals surface area (Å²) < 4.78 is 0.991. The van der Waals surface area contributed by atoms with E-state index in [2.05, 4.69) is 15.9 Å². The van der Waals surface area contributed by atoms with Crippen molar-refractivity contribution >= 4 is 28.0 Å². The van der Waals surface area contributed by atoms with E-state index in [-0.39, 0.29) is 6.42 Å². The molecule has 0 aliphatic carbocycles. The lowest BCUT2D eigenvalue weighted by Crippen LogP contribution is -1.89. The van der Waals surface area contributed by atoms with E-state index >= 15 is 0 Å². The first-order valence-corrected chi connectivity index (χ1v) is 4.61. The molecule has 0 atom stereocenters. The van der Waals surface area contributed by atoms with Gasteiger partial charge in [0, 0.05) is 4.47 Å². The van der Waals surface area contributed by atoms with E-state index in [4.69, 9.17) is 5.11 Å². The first-order chi connectivity index (χ1) is 6.18. The summed E-state index contributed by atoms with van der Waals surface area (Å²) in [6.45, 7) is 0. The fraction of sp³-hybridized carbons (Fsp3) is 0.100. The Kier molecular flexibility index (Phi) is 3.71. The van der Waals surface area contributed by atoms with Crippen LogP contribution in [-0.4, -0.2) is 11.1 Å². The average molecular weight is 241 g/mol. The normalized spacial score (nSPS) is 10.5. The molecule has 1 aromatic carbocycles. The molecule has 0 aliphatic rings. The minimum absolute atomic E-state index is 0.0620. The molecular formula is C10H9BrO2. The van der Waals surface area contributed by atoms with E-state index in [1.54, 1.807) is 12.2 Å². The fourth-order valence-corrected chi connectivity index (χ4v) is 1.32. The molecule has 1 rings (SSSR count). The van der Waals surface area contributed by atoms with Gasteiger partial charge in [-0.25, -0.2) is 0 Å². The van der Waals surface area contributed by atoms with Gasteiger partial charge in [0.05, 0.1) is 6.42 Å². The van der Waals surface area contributed by atoms with Crippen molar-refractivity contribution in [3.05, 3.63) is 40.4 Å². The maximum atomic E-state index is 10.2. The topological polar surface area (TPSA) is 37.3 Å². The third-order valence-corrected chi connectivity index (χ3v) is 1.94. The van der Waals surface area contributed by atoms with Gasteiger partial charge in [0.2, 0.25) is 0 Å². The van der Waals surface area contributed by atoms with Crippen LogP contribution in [0.4, 0.5) is 0 Å². The summed E-state index contributed by atoms with van der Waals surface area (Å²) in [4.78, 5) is 10.2. The van der Waals surface area contributed by atoms with Crippen LogP contribution in [-0.2, 0) is 4.79 Å². The zero-order valence-corrected chi connectivity index (χ0v) is 8.49. The van der Waals surface area contributed by atoms with Crippen LogP contribution >= 0.6 is 15.9 Å². The monoisotopic (exact) mass is 240 g/mol. The summed E-state index contributed by atoms with van der Waals surface area (Å²) in [6.07, 6.45) is 3.48. The predicted molar refractivity (Wildman–Crippen MR) is 55.4 cm³/mol. The van der Waals surface area contributed by atoms with E-state index in [9.17, 15) is 4.79 Å². The lowest BCUT2D eigenvalue weighted by atomic mass is 10.2. The van der Waals surface area contributed by atoms with Gasteiger partial charge in [-0.2, -0.15) is 0 Å². The molecule has 0 heterocycles. The smallest absolute Gasteiger partial charge is 0.307 e. The van der Waals surface area contributed by atoms with Crippen LogP contribution in [0.25, 0.3) is 6.08 Å². The van der Waals surface area contributed by atoms with Gasteiger partial charge in [0.25, 0.3) is 0 Å². The van der Waals surface area contributed by atoms with E-state index in [1.165, 1.54) is 0 Å². The minimum atomic E-state index is -0.814. The molecule has 0 fully saturated rings. The third-order valence-electron chi connectivity index (χ3n) is 1.45. The highest BCUT2D eigenvalue weighted by Gasteiger charge is 1.91. The number of aliphatic carboxylic acids is 1. The molecule has 68 valence electrons. The van der Waals surface area contributed by atoms with E-state index in [1.807, 2.05) is 24.3 Å². The Balaban J connectivity index is 2.63. The summed E-state index contributed by atoms with van der Waals surface area (Å²) in [5.41, 5.74) is 0.996. The van der Waals surface area contributed by atoms with Crippen LogP contribution in [0.2, 0.25) is 0 Å². The molecule has 1 aromatic rings. The SMILES string of the molecule is O=C(O)C/C=C/c1cccc(Br)c1. The van der Waals surface area contributed by atoms with Crippen molar-refractivity contribution in [2.45, 2.75) is 6.42 Å². The van der Waals surface area contributed by atoms with Crippen molar-refractivity contribution < 1.29 is 9.90 Å². The van der Waals surface area contributed by atoms with Crippen LogP contribution in [0.5, 0.6) is 0 Å². The maximum Gasteiger partial charge on any atom is 0.307 e. The van der Waals surface area contributed by atoms with Crippen LogP contribution in [0, 0.1) is 0 Å². The zero-order valence-electron chi connectivity index (χ0n) is 6.90. The minimum Gasteiger partial charge on any atom is -0.481 e. The largest absolute Gasteiger partial charge is 0.481 e. The Hall–Kier alpha value is -1.09. The molecule has 13 heavy (non-hydrogen) atoms. The summed E-state index contributed by atoms with van der Waals surface area (Å²) in [6, 6.07) is 7.68. The average Bonchev–Trinajstić information content (AvgIpc) is 2.03. The molecule has 0 saturated carbocycles. The van der Waals surface area contributed by atoms with Gasteiger partial charge < -0.3 is 5.11 Å². The number of rotatable bonds is 3. The van der Waals surface area contributed by atoms with E-state index in [0.717, 1.165) is 10.0 Å². The molecule has 0 aliphatic heterocycles. The van der Waals surface area contributed by atoms with Gasteiger partial charge in [-0.3, -0.25) is 4.79 Å². The molecule has 0 saturated heterocycles. The molecule has 0 spiro atoms. The zero-order chi connectivity index (χ0) is 9.68. The van der Waals surface area contributed by atoms with Crippen molar-refractivity contribution in [2.24, 2.45) is 0 Å². The molecule has 0 aromatic heterocycles. The predicted octanol–water partition coefficient (Wildman–Crippen LogP) is 2.94. The maximum absolute atomic E-state index is 10.2. The van der Waals surface area contributed by atoms with Crippen molar-refractivity contribution in [1.29, 1.82) is 0 Å². The Morgan fingerprint density at radius 2 is 2.31 bits per heavy atom. The van der Waals surface area contributed by atoms with Crippen molar-refractivity contribution in [3.8, 4) is 0 Å². The third kappa shape index (κ3) is 3.90. The van der Waals surface area contributed by atoms with Crippen LogP contribution in [0.3, 0.4) is 0 Å². The van der Waals surface area contributed by atoms with Crippen molar-refractivity contribution in [2.75, 3.05) is 0 Å². The molecule has 0 amide bonds. The quantitative estimate of drug-likeness (QED) is 0.883. The summed E-state index contributed by atoms with van der Waals surface area (Å²) in [5, 5.41) is 8.39. The van der Waals surface area contributed by atoms with Gasteiger partial charge in [-0.1, -0.05) is 40.2 Å². The van der Waals surface area contributed by atoms with E-state index < -0.39 is 5.97 Å². The van der Waals surface area contributed by atoms with Gasteiger partial charge in [-0.05, 0) is 17.7 Å². The van der Waals surface area contributed by atoms with Crippen LogP contribution in [0.15, 0.2) is 34.8 Å². The fourth-order valence-electron chi connectivity index (χ4n) is 0.906. The summed E-state index contributed by atoms with van der Waals surface area (Å²) >= 11 is 3.33. The molecular weight excluding hydrogens is 232 g/mol.